The van der Waals surface area contributed by atoms with Gasteiger partial charge in [-0.2, -0.15) is 0 Å². The fourth-order valence-electron chi connectivity index (χ4n) is 5.04. The average molecular weight is 478 g/mol. The maximum absolute atomic E-state index is 13.7. The minimum absolute atomic E-state index is 0.00255. The summed E-state index contributed by atoms with van der Waals surface area (Å²) in [5.41, 5.74) is 6.75. The van der Waals surface area contributed by atoms with Crippen LogP contribution in [0.5, 0.6) is 0 Å². The van der Waals surface area contributed by atoms with Crippen LogP contribution >= 0.6 is 0 Å². The molecule has 1 aliphatic rings. The van der Waals surface area contributed by atoms with Gasteiger partial charge in [0.15, 0.2) is 0 Å². The summed E-state index contributed by atoms with van der Waals surface area (Å²) in [4.78, 5) is 33.2. The minimum Gasteiger partial charge on any atom is -0.352 e. The number of pyridine rings is 1. The van der Waals surface area contributed by atoms with Crippen molar-refractivity contribution in [2.24, 2.45) is 5.92 Å². The summed E-state index contributed by atoms with van der Waals surface area (Å²) in [6.07, 6.45) is 1.33. The number of fused-ring (bicyclic) bond motifs is 1. The number of carbonyl (C=O) groups is 2. The average Bonchev–Trinajstić information content (AvgIpc) is 2.91. The summed E-state index contributed by atoms with van der Waals surface area (Å²) >= 11 is 0. The fraction of sp³-hybridized carbons (Fsp3) is 0.258. The molecule has 1 N–H and O–H groups in total. The highest BCUT2D eigenvalue weighted by molar-refractivity contribution is 6.07. The monoisotopic (exact) mass is 477 g/mol. The third kappa shape index (κ3) is 5.01. The van der Waals surface area contributed by atoms with Crippen molar-refractivity contribution in [3.8, 4) is 11.3 Å². The number of carbonyl (C=O) groups excluding carboxylic acids is 2. The molecule has 3 aromatic carbocycles. The molecular formula is C31H31N3O2. The van der Waals surface area contributed by atoms with Crippen LogP contribution in [-0.2, 0) is 11.3 Å². The van der Waals surface area contributed by atoms with E-state index in [9.17, 15) is 9.59 Å². The molecule has 5 heteroatoms. The molecule has 0 spiro atoms. The van der Waals surface area contributed by atoms with Crippen molar-refractivity contribution < 1.29 is 9.59 Å². The normalized spacial score (nSPS) is 14.1. The molecule has 4 aromatic rings. The van der Waals surface area contributed by atoms with Crippen LogP contribution in [0.2, 0.25) is 0 Å². The lowest BCUT2D eigenvalue weighted by Gasteiger charge is -2.31. The number of amides is 2. The quantitative estimate of drug-likeness (QED) is 0.402. The number of nitrogens with zero attached hydrogens (tertiary/aromatic N) is 2. The molecule has 1 aromatic heterocycles. The number of nitrogens with one attached hydrogen (secondary N) is 1. The molecule has 2 heterocycles. The highest BCUT2D eigenvalue weighted by atomic mass is 16.2. The summed E-state index contributed by atoms with van der Waals surface area (Å²) in [6, 6.07) is 26.0. The van der Waals surface area contributed by atoms with Gasteiger partial charge < -0.3 is 10.2 Å². The molecule has 2 amide bonds. The molecule has 36 heavy (non-hydrogen) atoms. The Hall–Kier alpha value is -3.99. The second-order valence-corrected chi connectivity index (χ2v) is 9.66. The van der Waals surface area contributed by atoms with Crippen LogP contribution in [0.4, 0.5) is 0 Å². The van der Waals surface area contributed by atoms with Crippen LogP contribution in [-0.4, -0.2) is 34.8 Å². The standard InChI is InChI=1S/C31H31N3O2/c1-21-12-13-25(22(2)18-21)29-19-27(26-10-6-7-11-28(26)33-29)31(36)34-16-14-24(15-17-34)30(35)32-20-23-8-4-3-5-9-23/h3-13,18-19,24H,14-17,20H2,1-2H3,(H,32,35). The minimum atomic E-state index is -0.0716. The predicted octanol–water partition coefficient (Wildman–Crippen LogP) is 5.69. The van der Waals surface area contributed by atoms with Gasteiger partial charge in [-0.1, -0.05) is 72.3 Å². The Morgan fingerprint density at radius 2 is 1.64 bits per heavy atom. The summed E-state index contributed by atoms with van der Waals surface area (Å²) in [6.45, 7) is 5.82. The number of likely N-dealkylation sites (tertiary alicyclic amines) is 1. The third-order valence-electron chi connectivity index (χ3n) is 7.07. The van der Waals surface area contributed by atoms with Crippen molar-refractivity contribution in [3.63, 3.8) is 0 Å². The van der Waals surface area contributed by atoms with Gasteiger partial charge in [0.05, 0.1) is 16.8 Å². The van der Waals surface area contributed by atoms with Crippen LogP contribution < -0.4 is 5.32 Å². The smallest absolute Gasteiger partial charge is 0.254 e. The Morgan fingerprint density at radius 3 is 2.39 bits per heavy atom. The molecule has 5 rings (SSSR count). The van der Waals surface area contributed by atoms with Crippen molar-refractivity contribution in [3.05, 3.63) is 101 Å². The summed E-state index contributed by atoms with van der Waals surface area (Å²) in [7, 11) is 0. The molecule has 182 valence electrons. The fourth-order valence-corrected chi connectivity index (χ4v) is 5.04. The van der Waals surface area contributed by atoms with Gasteiger partial charge in [-0.05, 0) is 49.9 Å². The van der Waals surface area contributed by atoms with E-state index in [1.165, 1.54) is 5.56 Å². The lowest BCUT2D eigenvalue weighted by Crippen LogP contribution is -2.43. The van der Waals surface area contributed by atoms with Crippen molar-refractivity contribution in [2.75, 3.05) is 13.1 Å². The lowest BCUT2D eigenvalue weighted by molar-refractivity contribution is -0.126. The number of para-hydroxylation sites is 1. The molecule has 0 radical (unpaired) electrons. The number of hydrogen-bond donors (Lipinski definition) is 1. The molecule has 0 aliphatic carbocycles. The molecule has 0 unspecified atom stereocenters. The predicted molar refractivity (Wildman–Crippen MR) is 144 cm³/mol. The van der Waals surface area contributed by atoms with Crippen molar-refractivity contribution in [2.45, 2.75) is 33.2 Å². The van der Waals surface area contributed by atoms with E-state index < -0.39 is 0 Å². The van der Waals surface area contributed by atoms with Gasteiger partial charge in [-0.3, -0.25) is 9.59 Å². The maximum Gasteiger partial charge on any atom is 0.254 e. The van der Waals surface area contributed by atoms with E-state index in [2.05, 4.69) is 37.4 Å². The van der Waals surface area contributed by atoms with Crippen LogP contribution in [0.3, 0.4) is 0 Å². The van der Waals surface area contributed by atoms with Gasteiger partial charge in [0.2, 0.25) is 5.91 Å². The Morgan fingerprint density at radius 1 is 0.917 bits per heavy atom. The highest BCUT2D eigenvalue weighted by Gasteiger charge is 2.29. The summed E-state index contributed by atoms with van der Waals surface area (Å²) in [5, 5.41) is 3.91. The van der Waals surface area contributed by atoms with Crippen molar-refractivity contribution in [1.29, 1.82) is 0 Å². The van der Waals surface area contributed by atoms with E-state index in [1.54, 1.807) is 0 Å². The van der Waals surface area contributed by atoms with Gasteiger partial charge in [0.25, 0.3) is 5.91 Å². The zero-order valence-electron chi connectivity index (χ0n) is 20.8. The van der Waals surface area contributed by atoms with Crippen molar-refractivity contribution in [1.82, 2.24) is 15.2 Å². The van der Waals surface area contributed by atoms with E-state index in [-0.39, 0.29) is 17.7 Å². The van der Waals surface area contributed by atoms with Gasteiger partial charge in [-0.15, -0.1) is 0 Å². The lowest BCUT2D eigenvalue weighted by atomic mass is 9.94. The second-order valence-electron chi connectivity index (χ2n) is 9.66. The second kappa shape index (κ2) is 10.3. The molecule has 0 saturated carbocycles. The Labute approximate surface area is 212 Å². The van der Waals surface area contributed by atoms with E-state index in [0.29, 0.717) is 38.0 Å². The Bertz CT molecular complexity index is 1410. The number of piperidine rings is 1. The molecular weight excluding hydrogens is 446 g/mol. The van der Waals surface area contributed by atoms with Crippen LogP contribution in [0.25, 0.3) is 22.2 Å². The van der Waals surface area contributed by atoms with Gasteiger partial charge in [-0.25, -0.2) is 4.98 Å². The number of rotatable bonds is 5. The summed E-state index contributed by atoms with van der Waals surface area (Å²) in [5.74, 6) is -0.00193. The Kier molecular flexibility index (Phi) is 6.81. The molecule has 0 atom stereocenters. The number of aromatic nitrogens is 1. The van der Waals surface area contributed by atoms with Crippen molar-refractivity contribution >= 4 is 22.7 Å². The van der Waals surface area contributed by atoms with Gasteiger partial charge in [0, 0.05) is 36.5 Å². The third-order valence-corrected chi connectivity index (χ3v) is 7.07. The molecule has 0 bridgehead atoms. The van der Waals surface area contributed by atoms with E-state index in [4.69, 9.17) is 4.98 Å². The number of aryl methyl sites for hydroxylation is 2. The zero-order valence-corrected chi connectivity index (χ0v) is 20.8. The topological polar surface area (TPSA) is 62.3 Å². The van der Waals surface area contributed by atoms with Gasteiger partial charge in [0.1, 0.15) is 0 Å². The van der Waals surface area contributed by atoms with E-state index in [1.807, 2.05) is 65.6 Å². The zero-order chi connectivity index (χ0) is 25.1. The van der Waals surface area contributed by atoms with E-state index >= 15 is 0 Å². The first-order valence-electron chi connectivity index (χ1n) is 12.6. The first-order valence-corrected chi connectivity index (χ1v) is 12.6. The first kappa shape index (κ1) is 23.7. The van der Waals surface area contributed by atoms with Crippen LogP contribution in [0.1, 0.15) is 39.9 Å². The van der Waals surface area contributed by atoms with E-state index in [0.717, 1.165) is 33.3 Å². The number of benzene rings is 3. The summed E-state index contributed by atoms with van der Waals surface area (Å²) < 4.78 is 0. The van der Waals surface area contributed by atoms with Crippen LogP contribution in [0.15, 0.2) is 78.9 Å². The number of hydrogen-bond acceptors (Lipinski definition) is 3. The molecule has 5 nitrogen and oxygen atoms in total. The molecule has 1 saturated heterocycles. The van der Waals surface area contributed by atoms with Gasteiger partial charge >= 0.3 is 0 Å². The SMILES string of the molecule is Cc1ccc(-c2cc(C(=O)N3CCC(C(=O)NCc4ccccc4)CC3)c3ccccc3n2)c(C)c1. The maximum atomic E-state index is 13.7. The Balaban J connectivity index is 1.33. The first-order chi connectivity index (χ1) is 17.5. The largest absolute Gasteiger partial charge is 0.352 e. The van der Waals surface area contributed by atoms with Crippen LogP contribution in [0, 0.1) is 19.8 Å². The highest BCUT2D eigenvalue weighted by Crippen LogP contribution is 2.29. The molecule has 1 aliphatic heterocycles. The molecule has 1 fully saturated rings.